The van der Waals surface area contributed by atoms with Crippen LogP contribution in [0.1, 0.15) is 42.5 Å². The average Bonchev–Trinajstić information content (AvgIpc) is 2.90. The average molecular weight is 431 g/mol. The zero-order chi connectivity index (χ0) is 16.9. The predicted octanol–water partition coefficient (Wildman–Crippen LogP) is 2.64. The molecule has 2 bridgehead atoms. The zero-order valence-electron chi connectivity index (χ0n) is 14.1. The van der Waals surface area contributed by atoms with E-state index in [1.165, 1.54) is 12.8 Å². The standard InChI is InChI=1S/C18H24BrN3O2.ClH/c19-14-3-1-2-13(11-14)18(24)21-7-6-20-17(23)10-12-8-15-4-5-16(9-12)22-15;/h1-3,11-12,15-16,22H,4-10H2,(H,20,23)(H,21,24);1H. The maximum Gasteiger partial charge on any atom is 0.251 e. The van der Waals surface area contributed by atoms with Gasteiger partial charge in [0.25, 0.3) is 5.91 Å². The molecule has 0 aromatic heterocycles. The van der Waals surface area contributed by atoms with Crippen molar-refractivity contribution in [3.05, 3.63) is 34.3 Å². The summed E-state index contributed by atoms with van der Waals surface area (Å²) in [5, 5.41) is 9.33. The number of rotatable bonds is 6. The molecule has 2 aliphatic heterocycles. The second kappa shape index (κ2) is 9.55. The Morgan fingerprint density at radius 3 is 2.48 bits per heavy atom. The highest BCUT2D eigenvalue weighted by Crippen LogP contribution is 2.32. The Kier molecular flexibility index (Phi) is 7.72. The number of benzene rings is 1. The van der Waals surface area contributed by atoms with E-state index in [9.17, 15) is 9.59 Å². The molecule has 1 aromatic carbocycles. The Bertz CT molecular complexity index is 602. The molecule has 0 spiro atoms. The molecule has 7 heteroatoms. The van der Waals surface area contributed by atoms with Crippen LogP contribution >= 0.6 is 28.3 Å². The molecule has 3 N–H and O–H groups in total. The van der Waals surface area contributed by atoms with Crippen molar-refractivity contribution in [2.75, 3.05) is 13.1 Å². The lowest BCUT2D eigenvalue weighted by Gasteiger charge is -2.28. The maximum absolute atomic E-state index is 12.1. The first kappa shape index (κ1) is 20.2. The monoisotopic (exact) mass is 429 g/mol. The van der Waals surface area contributed by atoms with Gasteiger partial charge >= 0.3 is 0 Å². The Labute approximate surface area is 163 Å². The van der Waals surface area contributed by atoms with Gasteiger partial charge in [-0.2, -0.15) is 0 Å². The van der Waals surface area contributed by atoms with E-state index < -0.39 is 0 Å². The number of hydrogen-bond donors (Lipinski definition) is 3. The number of carbonyl (C=O) groups is 2. The molecule has 0 saturated carbocycles. The summed E-state index contributed by atoms with van der Waals surface area (Å²) in [4.78, 5) is 24.0. The summed E-state index contributed by atoms with van der Waals surface area (Å²) < 4.78 is 0.874. The molecule has 0 radical (unpaired) electrons. The summed E-state index contributed by atoms with van der Waals surface area (Å²) in [6.07, 6.45) is 5.34. The normalized spacial score (nSPS) is 24.3. The third kappa shape index (κ3) is 5.97. The second-order valence-corrected chi connectivity index (χ2v) is 7.71. The predicted molar refractivity (Wildman–Crippen MR) is 104 cm³/mol. The molecule has 1 aromatic rings. The topological polar surface area (TPSA) is 70.2 Å². The number of nitrogens with one attached hydrogen (secondary N) is 3. The zero-order valence-corrected chi connectivity index (χ0v) is 16.5. The fraction of sp³-hybridized carbons (Fsp3) is 0.556. The van der Waals surface area contributed by atoms with E-state index in [-0.39, 0.29) is 24.2 Å². The molecule has 138 valence electrons. The van der Waals surface area contributed by atoms with E-state index in [4.69, 9.17) is 0 Å². The third-order valence-corrected chi connectivity index (χ3v) is 5.36. The summed E-state index contributed by atoms with van der Waals surface area (Å²) >= 11 is 3.35. The van der Waals surface area contributed by atoms with Gasteiger partial charge in [-0.1, -0.05) is 22.0 Å². The van der Waals surface area contributed by atoms with Gasteiger partial charge in [-0.05, 0) is 49.8 Å². The minimum Gasteiger partial charge on any atom is -0.354 e. The van der Waals surface area contributed by atoms with Crippen LogP contribution in [0.3, 0.4) is 0 Å². The molecule has 2 fully saturated rings. The van der Waals surface area contributed by atoms with Gasteiger partial charge in [0.2, 0.25) is 5.91 Å². The number of amides is 2. The van der Waals surface area contributed by atoms with Gasteiger partial charge in [0.1, 0.15) is 0 Å². The fourth-order valence-electron chi connectivity index (χ4n) is 3.79. The first-order valence-electron chi connectivity index (χ1n) is 8.66. The van der Waals surface area contributed by atoms with E-state index in [1.54, 1.807) is 12.1 Å². The summed E-state index contributed by atoms with van der Waals surface area (Å²) in [7, 11) is 0. The van der Waals surface area contributed by atoms with E-state index >= 15 is 0 Å². The molecule has 0 aliphatic carbocycles. The lowest BCUT2D eigenvalue weighted by molar-refractivity contribution is -0.122. The molecule has 5 nitrogen and oxygen atoms in total. The van der Waals surface area contributed by atoms with Crippen molar-refractivity contribution in [1.29, 1.82) is 0 Å². The molecular weight excluding hydrogens is 406 g/mol. The number of carbonyl (C=O) groups excluding carboxylic acids is 2. The van der Waals surface area contributed by atoms with E-state index in [2.05, 4.69) is 31.9 Å². The Morgan fingerprint density at radius 2 is 1.80 bits per heavy atom. The van der Waals surface area contributed by atoms with Crippen LogP contribution in [0.4, 0.5) is 0 Å². The summed E-state index contributed by atoms with van der Waals surface area (Å²) in [6, 6.07) is 8.48. The van der Waals surface area contributed by atoms with Crippen molar-refractivity contribution < 1.29 is 9.59 Å². The number of hydrogen-bond acceptors (Lipinski definition) is 3. The Hall–Kier alpha value is -1.11. The van der Waals surface area contributed by atoms with E-state index in [0.29, 0.717) is 43.1 Å². The summed E-state index contributed by atoms with van der Waals surface area (Å²) in [5.41, 5.74) is 0.612. The summed E-state index contributed by atoms with van der Waals surface area (Å²) in [6.45, 7) is 0.908. The van der Waals surface area contributed by atoms with Crippen LogP contribution in [-0.4, -0.2) is 37.0 Å². The first-order chi connectivity index (χ1) is 11.6. The molecule has 3 rings (SSSR count). The second-order valence-electron chi connectivity index (χ2n) is 6.80. The van der Waals surface area contributed by atoms with Crippen LogP contribution in [0.25, 0.3) is 0 Å². The van der Waals surface area contributed by atoms with Crippen LogP contribution in [0, 0.1) is 5.92 Å². The molecule has 2 heterocycles. The largest absolute Gasteiger partial charge is 0.354 e. The lowest BCUT2D eigenvalue weighted by Crippen LogP contribution is -2.40. The van der Waals surface area contributed by atoms with Gasteiger partial charge in [-0.15, -0.1) is 12.4 Å². The van der Waals surface area contributed by atoms with Crippen LogP contribution in [0.2, 0.25) is 0 Å². The van der Waals surface area contributed by atoms with Gasteiger partial charge in [0.15, 0.2) is 0 Å². The molecule has 2 amide bonds. The van der Waals surface area contributed by atoms with Crippen LogP contribution in [-0.2, 0) is 4.79 Å². The molecule has 25 heavy (non-hydrogen) atoms. The molecule has 2 aliphatic rings. The van der Waals surface area contributed by atoms with Crippen molar-refractivity contribution in [2.24, 2.45) is 5.92 Å². The fourth-order valence-corrected chi connectivity index (χ4v) is 4.19. The quantitative estimate of drug-likeness (QED) is 0.608. The van der Waals surface area contributed by atoms with Crippen LogP contribution < -0.4 is 16.0 Å². The van der Waals surface area contributed by atoms with Crippen molar-refractivity contribution in [3.8, 4) is 0 Å². The van der Waals surface area contributed by atoms with E-state index in [0.717, 1.165) is 17.3 Å². The number of halogens is 2. The SMILES string of the molecule is Cl.O=C(CC1CC2CCC(C1)N2)NCCNC(=O)c1cccc(Br)c1. The van der Waals surface area contributed by atoms with Gasteiger partial charge in [0, 0.05) is 41.6 Å². The van der Waals surface area contributed by atoms with Crippen LogP contribution in [0.15, 0.2) is 28.7 Å². The van der Waals surface area contributed by atoms with Gasteiger partial charge in [-0.3, -0.25) is 9.59 Å². The van der Waals surface area contributed by atoms with Crippen molar-refractivity contribution in [2.45, 2.75) is 44.2 Å². The van der Waals surface area contributed by atoms with Crippen molar-refractivity contribution in [1.82, 2.24) is 16.0 Å². The number of fused-ring (bicyclic) bond motifs is 2. The molecule has 2 atom stereocenters. The highest BCUT2D eigenvalue weighted by Gasteiger charge is 2.34. The lowest BCUT2D eigenvalue weighted by atomic mass is 9.89. The highest BCUT2D eigenvalue weighted by molar-refractivity contribution is 9.10. The van der Waals surface area contributed by atoms with Gasteiger partial charge in [-0.25, -0.2) is 0 Å². The molecule has 2 unspecified atom stereocenters. The number of piperidine rings is 1. The minimum atomic E-state index is -0.125. The Balaban J connectivity index is 0.00000225. The summed E-state index contributed by atoms with van der Waals surface area (Å²) in [5.74, 6) is 0.471. The molecule has 2 saturated heterocycles. The van der Waals surface area contributed by atoms with E-state index in [1.807, 2.05) is 12.1 Å². The van der Waals surface area contributed by atoms with Crippen LogP contribution in [0.5, 0.6) is 0 Å². The van der Waals surface area contributed by atoms with Gasteiger partial charge < -0.3 is 16.0 Å². The van der Waals surface area contributed by atoms with Gasteiger partial charge in [0.05, 0.1) is 0 Å². The molecular formula is C18H25BrClN3O2. The maximum atomic E-state index is 12.1. The smallest absolute Gasteiger partial charge is 0.251 e. The highest BCUT2D eigenvalue weighted by atomic mass is 79.9. The third-order valence-electron chi connectivity index (χ3n) is 4.86. The minimum absolute atomic E-state index is 0. The van der Waals surface area contributed by atoms with Crippen molar-refractivity contribution in [3.63, 3.8) is 0 Å². The Morgan fingerprint density at radius 1 is 1.12 bits per heavy atom. The first-order valence-corrected chi connectivity index (χ1v) is 9.46. The van der Waals surface area contributed by atoms with Crippen molar-refractivity contribution >= 4 is 40.2 Å².